The van der Waals surface area contributed by atoms with E-state index >= 15 is 0 Å². The number of allylic oxidation sites excluding steroid dienone is 2. The maximum Gasteiger partial charge on any atom is 0.167 e. The van der Waals surface area contributed by atoms with E-state index in [-0.39, 0.29) is 0 Å². The van der Waals surface area contributed by atoms with Crippen molar-refractivity contribution in [2.75, 3.05) is 0 Å². The minimum atomic E-state index is -1.31. The zero-order valence-electron chi connectivity index (χ0n) is 12.7. The van der Waals surface area contributed by atoms with Crippen LogP contribution in [0.4, 0.5) is 4.39 Å². The van der Waals surface area contributed by atoms with Crippen LogP contribution in [0.3, 0.4) is 0 Å². The maximum absolute atomic E-state index is 13.4. The molecule has 0 bridgehead atoms. The number of nitrogens with zero attached hydrogens (tertiary/aromatic N) is 2. The Balaban J connectivity index is 1.72. The van der Waals surface area contributed by atoms with Gasteiger partial charge in [-0.2, -0.15) is 0 Å². The molecule has 4 rings (SSSR count). The van der Waals surface area contributed by atoms with Gasteiger partial charge in [-0.05, 0) is 17.2 Å². The third kappa shape index (κ3) is 2.30. The van der Waals surface area contributed by atoms with E-state index in [9.17, 15) is 14.6 Å². The lowest BCUT2D eigenvalue weighted by Gasteiger charge is -2.29. The van der Waals surface area contributed by atoms with E-state index in [1.807, 2.05) is 42.5 Å². The van der Waals surface area contributed by atoms with Gasteiger partial charge in [0.15, 0.2) is 17.3 Å². The van der Waals surface area contributed by atoms with Crippen molar-refractivity contribution in [2.45, 2.75) is 12.1 Å². The van der Waals surface area contributed by atoms with Gasteiger partial charge >= 0.3 is 0 Å². The van der Waals surface area contributed by atoms with Crippen LogP contribution in [0.2, 0.25) is 0 Å². The van der Waals surface area contributed by atoms with Crippen LogP contribution in [0.25, 0.3) is 16.6 Å². The molecule has 24 heavy (non-hydrogen) atoms. The molecule has 0 fully saturated rings. The van der Waals surface area contributed by atoms with Crippen LogP contribution in [-0.4, -0.2) is 19.8 Å². The molecule has 5 heteroatoms. The molecule has 1 atom stereocenters. The van der Waals surface area contributed by atoms with E-state index in [2.05, 4.69) is 4.98 Å². The molecule has 2 N–H and O–H groups in total. The van der Waals surface area contributed by atoms with Crippen molar-refractivity contribution < 1.29 is 14.6 Å². The molecule has 0 radical (unpaired) electrons. The molecular weight excluding hydrogens is 307 g/mol. The summed E-state index contributed by atoms with van der Waals surface area (Å²) >= 11 is 0. The van der Waals surface area contributed by atoms with E-state index in [0.29, 0.717) is 17.5 Å². The van der Waals surface area contributed by atoms with Gasteiger partial charge < -0.3 is 10.2 Å². The quantitative estimate of drug-likeness (QED) is 0.758. The number of halogens is 1. The summed E-state index contributed by atoms with van der Waals surface area (Å²) in [5.41, 5.74) is 1.64. The molecule has 0 amide bonds. The van der Waals surface area contributed by atoms with Gasteiger partial charge in [-0.1, -0.05) is 42.5 Å². The van der Waals surface area contributed by atoms with Gasteiger partial charge in [0.1, 0.15) is 0 Å². The predicted octanol–water partition coefficient (Wildman–Crippen LogP) is 3.57. The minimum Gasteiger partial charge on any atom is -0.505 e. The summed E-state index contributed by atoms with van der Waals surface area (Å²) in [5.74, 6) is -1.20. The van der Waals surface area contributed by atoms with Gasteiger partial charge in [0, 0.05) is 18.6 Å². The zero-order valence-corrected chi connectivity index (χ0v) is 12.7. The molecule has 4 nitrogen and oxygen atoms in total. The second-order valence-electron chi connectivity index (χ2n) is 5.85. The van der Waals surface area contributed by atoms with Crippen LogP contribution in [0.5, 0.6) is 5.75 Å². The summed E-state index contributed by atoms with van der Waals surface area (Å²) < 4.78 is 15.0. The number of hydrogen-bond acceptors (Lipinski definition) is 3. The van der Waals surface area contributed by atoms with Crippen molar-refractivity contribution >= 4 is 16.6 Å². The smallest absolute Gasteiger partial charge is 0.167 e. The lowest BCUT2D eigenvalue weighted by Crippen LogP contribution is -2.31. The highest BCUT2D eigenvalue weighted by Gasteiger charge is 2.29. The molecule has 1 unspecified atom stereocenters. The third-order valence-electron chi connectivity index (χ3n) is 4.29. The molecule has 0 spiro atoms. The normalized spacial score (nSPS) is 20.3. The van der Waals surface area contributed by atoms with E-state index in [4.69, 9.17) is 0 Å². The van der Waals surface area contributed by atoms with Crippen molar-refractivity contribution in [3.63, 3.8) is 0 Å². The summed E-state index contributed by atoms with van der Waals surface area (Å²) in [6, 6.07) is 12.3. The summed E-state index contributed by atoms with van der Waals surface area (Å²) in [7, 11) is 0. The average Bonchev–Trinajstić information content (AvgIpc) is 3.00. The van der Waals surface area contributed by atoms with Crippen LogP contribution in [0, 0.1) is 5.82 Å². The van der Waals surface area contributed by atoms with Crippen molar-refractivity contribution in [1.29, 1.82) is 0 Å². The second-order valence-corrected chi connectivity index (χ2v) is 5.85. The first-order chi connectivity index (χ1) is 11.6. The Kier molecular flexibility index (Phi) is 3.25. The Bertz CT molecular complexity index is 976. The molecule has 2 aromatic carbocycles. The standard InChI is InChI=1S/C19H15FN2O2/c20-15-10-16-17(11-18(15)23)22(12-21-16)19(24)8-6-14(7-9-19)13-4-2-1-3-5-13/h1-8,10-12,23-24H,9H2. The molecule has 1 aliphatic carbocycles. The average molecular weight is 322 g/mol. The Hall–Kier alpha value is -2.92. The highest BCUT2D eigenvalue weighted by atomic mass is 19.1. The largest absolute Gasteiger partial charge is 0.505 e. The summed E-state index contributed by atoms with van der Waals surface area (Å²) in [6.45, 7) is 0. The van der Waals surface area contributed by atoms with E-state index in [0.717, 1.165) is 17.2 Å². The van der Waals surface area contributed by atoms with E-state index < -0.39 is 17.3 Å². The van der Waals surface area contributed by atoms with Crippen molar-refractivity contribution in [2.24, 2.45) is 0 Å². The number of imidazole rings is 1. The van der Waals surface area contributed by atoms with Crippen LogP contribution < -0.4 is 0 Å². The molecule has 0 saturated heterocycles. The fraction of sp³-hybridized carbons (Fsp3) is 0.105. The Morgan fingerprint density at radius 1 is 1.17 bits per heavy atom. The van der Waals surface area contributed by atoms with E-state index in [1.165, 1.54) is 17.0 Å². The van der Waals surface area contributed by atoms with Crippen molar-refractivity contribution in [3.05, 3.63) is 78.4 Å². The van der Waals surface area contributed by atoms with Gasteiger partial charge in [-0.25, -0.2) is 9.37 Å². The summed E-state index contributed by atoms with van der Waals surface area (Å²) in [4.78, 5) is 4.12. The third-order valence-corrected chi connectivity index (χ3v) is 4.29. The first-order valence-electron chi connectivity index (χ1n) is 7.60. The van der Waals surface area contributed by atoms with Crippen molar-refractivity contribution in [3.8, 4) is 5.75 Å². The molecule has 0 aliphatic heterocycles. The van der Waals surface area contributed by atoms with Gasteiger partial charge in [-0.3, -0.25) is 4.57 Å². The van der Waals surface area contributed by atoms with Crippen LogP contribution >= 0.6 is 0 Å². The van der Waals surface area contributed by atoms with Crippen molar-refractivity contribution in [1.82, 2.24) is 9.55 Å². The van der Waals surface area contributed by atoms with Gasteiger partial charge in [0.2, 0.25) is 0 Å². The first-order valence-corrected chi connectivity index (χ1v) is 7.60. The monoisotopic (exact) mass is 322 g/mol. The maximum atomic E-state index is 13.4. The zero-order chi connectivity index (χ0) is 16.7. The molecule has 0 saturated carbocycles. The highest BCUT2D eigenvalue weighted by molar-refractivity contribution is 5.79. The van der Waals surface area contributed by atoms with Crippen LogP contribution in [0.15, 0.2) is 67.0 Å². The number of aromatic nitrogens is 2. The number of phenols is 1. The number of fused-ring (bicyclic) bond motifs is 1. The number of benzene rings is 2. The molecule has 1 heterocycles. The molecule has 1 aromatic heterocycles. The van der Waals surface area contributed by atoms with Gasteiger partial charge in [0.05, 0.1) is 17.4 Å². The number of hydrogen-bond donors (Lipinski definition) is 2. The van der Waals surface area contributed by atoms with Gasteiger partial charge in [0.25, 0.3) is 0 Å². The molecule has 1 aliphatic rings. The first kappa shape index (κ1) is 14.7. The van der Waals surface area contributed by atoms with Crippen LogP contribution in [-0.2, 0) is 5.72 Å². The van der Waals surface area contributed by atoms with E-state index in [1.54, 1.807) is 6.08 Å². The predicted molar refractivity (Wildman–Crippen MR) is 89.7 cm³/mol. The summed E-state index contributed by atoms with van der Waals surface area (Å²) in [6.07, 6.45) is 7.29. The minimum absolute atomic E-state index is 0.345. The fourth-order valence-corrected chi connectivity index (χ4v) is 2.97. The lowest BCUT2D eigenvalue weighted by atomic mass is 9.94. The fourth-order valence-electron chi connectivity index (χ4n) is 2.97. The SMILES string of the molecule is Oc1cc2c(cc1F)ncn2C1(O)C=CC(c2ccccc2)=CC1. The van der Waals surface area contributed by atoms with Crippen LogP contribution in [0.1, 0.15) is 12.0 Å². The Morgan fingerprint density at radius 2 is 1.96 bits per heavy atom. The molecule has 3 aromatic rings. The Morgan fingerprint density at radius 3 is 2.67 bits per heavy atom. The topological polar surface area (TPSA) is 58.3 Å². The second kappa shape index (κ2) is 5.32. The highest BCUT2D eigenvalue weighted by Crippen LogP contribution is 2.33. The van der Waals surface area contributed by atoms with Gasteiger partial charge in [-0.15, -0.1) is 0 Å². The number of phenolic OH excluding ortho intramolecular Hbond substituents is 1. The molecular formula is C19H15FN2O2. The lowest BCUT2D eigenvalue weighted by molar-refractivity contribution is 0.0197. The number of aromatic hydroxyl groups is 1. The number of rotatable bonds is 2. The number of aliphatic hydroxyl groups is 1. The molecule has 120 valence electrons. The summed E-state index contributed by atoms with van der Waals surface area (Å²) in [5, 5.41) is 20.6. The Labute approximate surface area is 137 Å².